The van der Waals surface area contributed by atoms with Crippen LogP contribution in [0.2, 0.25) is 0 Å². The quantitative estimate of drug-likeness (QED) is 0.513. The number of aromatic hydroxyl groups is 1. The molecule has 3 heterocycles. The Hall–Kier alpha value is -3.54. The molecule has 0 bridgehead atoms. The molecule has 1 N–H and O–H groups in total. The highest BCUT2D eigenvalue weighted by Gasteiger charge is 2.36. The van der Waals surface area contributed by atoms with Crippen molar-refractivity contribution in [1.29, 1.82) is 0 Å². The third-order valence-electron chi connectivity index (χ3n) is 5.84. The van der Waals surface area contributed by atoms with Crippen molar-refractivity contribution < 1.29 is 18.7 Å². The van der Waals surface area contributed by atoms with E-state index in [0.29, 0.717) is 27.7 Å². The molecule has 2 aromatic carbocycles. The van der Waals surface area contributed by atoms with Gasteiger partial charge in [0.2, 0.25) is 0 Å². The van der Waals surface area contributed by atoms with Gasteiger partial charge in [-0.1, -0.05) is 26.0 Å². The van der Waals surface area contributed by atoms with Crippen molar-refractivity contribution in [3.63, 3.8) is 0 Å². The largest absolute Gasteiger partial charge is 0.507 e. The second-order valence-electron chi connectivity index (χ2n) is 7.52. The van der Waals surface area contributed by atoms with Gasteiger partial charge < -0.3 is 18.7 Å². The smallest absolute Gasteiger partial charge is 0.344 e. The van der Waals surface area contributed by atoms with Crippen LogP contribution in [0.5, 0.6) is 11.5 Å². The maximum Gasteiger partial charge on any atom is 0.344 e. The molecule has 0 radical (unpaired) electrons. The molecule has 1 aliphatic heterocycles. The average molecular weight is 404 g/mol. The predicted molar refractivity (Wildman–Crippen MR) is 113 cm³/mol. The zero-order chi connectivity index (χ0) is 21.0. The summed E-state index contributed by atoms with van der Waals surface area (Å²) in [5.74, 6) is -0.542. The second-order valence-corrected chi connectivity index (χ2v) is 7.52. The van der Waals surface area contributed by atoms with Crippen molar-refractivity contribution in [3.8, 4) is 11.5 Å². The van der Waals surface area contributed by atoms with Crippen molar-refractivity contribution in [3.05, 3.63) is 79.5 Å². The Morgan fingerprint density at radius 1 is 0.867 bits per heavy atom. The molecule has 4 aromatic rings. The van der Waals surface area contributed by atoms with Crippen molar-refractivity contribution in [2.75, 3.05) is 6.61 Å². The van der Waals surface area contributed by atoms with Crippen LogP contribution in [-0.2, 0) is 12.8 Å². The van der Waals surface area contributed by atoms with Crippen LogP contribution in [-0.4, -0.2) is 11.7 Å². The van der Waals surface area contributed by atoms with E-state index in [1.54, 1.807) is 18.2 Å². The molecule has 0 spiro atoms. The first-order valence-corrected chi connectivity index (χ1v) is 10.0. The number of rotatable bonds is 3. The number of benzene rings is 2. The van der Waals surface area contributed by atoms with E-state index in [-0.39, 0.29) is 23.5 Å². The summed E-state index contributed by atoms with van der Waals surface area (Å²) < 4.78 is 16.8. The van der Waals surface area contributed by atoms with Gasteiger partial charge in [-0.15, -0.1) is 0 Å². The minimum atomic E-state index is -0.767. The Labute approximate surface area is 171 Å². The van der Waals surface area contributed by atoms with Crippen LogP contribution < -0.4 is 16.0 Å². The summed E-state index contributed by atoms with van der Waals surface area (Å²) in [6, 6.07) is 10.9. The lowest BCUT2D eigenvalue weighted by Crippen LogP contribution is -2.19. The molecule has 30 heavy (non-hydrogen) atoms. The lowest BCUT2D eigenvalue weighted by atomic mass is 9.92. The average Bonchev–Trinajstić information content (AvgIpc) is 3.19. The van der Waals surface area contributed by atoms with E-state index in [1.807, 2.05) is 32.0 Å². The van der Waals surface area contributed by atoms with E-state index >= 15 is 0 Å². The van der Waals surface area contributed by atoms with Crippen LogP contribution in [0, 0.1) is 0 Å². The van der Waals surface area contributed by atoms with Gasteiger partial charge in [-0.2, -0.15) is 0 Å². The minimum Gasteiger partial charge on any atom is -0.507 e. The summed E-state index contributed by atoms with van der Waals surface area (Å²) in [5.41, 5.74) is 1.80. The van der Waals surface area contributed by atoms with Crippen molar-refractivity contribution in [1.82, 2.24) is 0 Å². The Morgan fingerprint density at radius 3 is 2.07 bits per heavy atom. The van der Waals surface area contributed by atoms with Crippen LogP contribution in [0.3, 0.4) is 0 Å². The lowest BCUT2D eigenvalue weighted by Gasteiger charge is -2.11. The molecule has 1 atom stereocenters. The third kappa shape index (κ3) is 2.64. The summed E-state index contributed by atoms with van der Waals surface area (Å²) in [6.07, 6.45) is 1.59. The number of hydrogen-bond acceptors (Lipinski definition) is 6. The first-order chi connectivity index (χ1) is 14.5. The minimum absolute atomic E-state index is 0.0211. The first kappa shape index (κ1) is 18.5. The van der Waals surface area contributed by atoms with Gasteiger partial charge in [-0.3, -0.25) is 0 Å². The Morgan fingerprint density at radius 2 is 1.43 bits per heavy atom. The molecule has 1 aliphatic rings. The molecule has 6 heteroatoms. The number of fused-ring (bicyclic) bond motifs is 4. The molecule has 2 aromatic heterocycles. The van der Waals surface area contributed by atoms with Gasteiger partial charge in [-0.25, -0.2) is 9.59 Å². The summed E-state index contributed by atoms with van der Waals surface area (Å²) in [4.78, 5) is 25.6. The number of aryl methyl sites for hydroxylation is 2. The first-order valence-electron chi connectivity index (χ1n) is 10.0. The van der Waals surface area contributed by atoms with Crippen LogP contribution in [0.25, 0.3) is 21.9 Å². The van der Waals surface area contributed by atoms with E-state index in [9.17, 15) is 14.7 Å². The van der Waals surface area contributed by atoms with Gasteiger partial charge >= 0.3 is 11.3 Å². The van der Waals surface area contributed by atoms with E-state index in [2.05, 4.69) is 0 Å². The zero-order valence-electron chi connectivity index (χ0n) is 16.7. The van der Waals surface area contributed by atoms with E-state index < -0.39 is 17.2 Å². The van der Waals surface area contributed by atoms with Gasteiger partial charge in [-0.05, 0) is 48.2 Å². The normalized spacial score (nSPS) is 15.5. The number of hydrogen-bond donors (Lipinski definition) is 1. The molecule has 0 saturated heterocycles. The molecule has 6 nitrogen and oxygen atoms in total. The Kier molecular flexibility index (Phi) is 4.17. The second kappa shape index (κ2) is 6.76. The lowest BCUT2D eigenvalue weighted by molar-refractivity contribution is 0.339. The SMILES string of the molecule is CCc1ccc2oc(=O)c(C3COc4c3c(=O)oc3ccc(CC)cc43)c(O)c2c1. The van der Waals surface area contributed by atoms with E-state index in [0.717, 1.165) is 24.0 Å². The molecule has 0 aliphatic carbocycles. The molecular formula is C24H20O6. The maximum atomic E-state index is 12.8. The third-order valence-corrected chi connectivity index (χ3v) is 5.84. The topological polar surface area (TPSA) is 89.9 Å². The van der Waals surface area contributed by atoms with Gasteiger partial charge in [0.25, 0.3) is 0 Å². The highest BCUT2D eigenvalue weighted by atomic mass is 16.5. The highest BCUT2D eigenvalue weighted by Crippen LogP contribution is 2.43. The molecule has 0 amide bonds. The fourth-order valence-corrected chi connectivity index (χ4v) is 4.16. The van der Waals surface area contributed by atoms with E-state index in [1.165, 1.54) is 0 Å². The van der Waals surface area contributed by atoms with Gasteiger partial charge in [0.05, 0.1) is 34.4 Å². The zero-order valence-corrected chi connectivity index (χ0v) is 16.7. The van der Waals surface area contributed by atoms with Crippen molar-refractivity contribution in [2.45, 2.75) is 32.6 Å². The van der Waals surface area contributed by atoms with Crippen molar-refractivity contribution in [2.24, 2.45) is 0 Å². The van der Waals surface area contributed by atoms with Crippen molar-refractivity contribution >= 4 is 21.9 Å². The van der Waals surface area contributed by atoms with Gasteiger partial charge in [0.15, 0.2) is 0 Å². The Bertz CT molecular complexity index is 1430. The molecule has 0 fully saturated rings. The van der Waals surface area contributed by atoms with E-state index in [4.69, 9.17) is 13.6 Å². The molecule has 0 saturated carbocycles. The van der Waals surface area contributed by atoms with Crippen LogP contribution in [0.4, 0.5) is 0 Å². The fourth-order valence-electron chi connectivity index (χ4n) is 4.16. The summed E-state index contributed by atoms with van der Waals surface area (Å²) in [6.45, 7) is 4.08. The van der Waals surface area contributed by atoms with Crippen LogP contribution in [0.15, 0.2) is 54.8 Å². The van der Waals surface area contributed by atoms with Gasteiger partial charge in [0.1, 0.15) is 22.7 Å². The monoisotopic (exact) mass is 404 g/mol. The molecule has 1 unspecified atom stereocenters. The summed E-state index contributed by atoms with van der Waals surface area (Å²) in [7, 11) is 0. The molecule has 152 valence electrons. The summed E-state index contributed by atoms with van der Waals surface area (Å²) in [5, 5.41) is 12.1. The van der Waals surface area contributed by atoms with Crippen LogP contribution in [0.1, 0.15) is 42.0 Å². The maximum absolute atomic E-state index is 12.8. The predicted octanol–water partition coefficient (Wildman–Crippen LogP) is 4.25. The number of ether oxygens (including phenoxy) is 1. The fraction of sp³-hybridized carbons (Fsp3) is 0.250. The molecule has 5 rings (SSSR count). The Balaban J connectivity index is 1.77. The highest BCUT2D eigenvalue weighted by molar-refractivity contribution is 5.88. The molecular weight excluding hydrogens is 384 g/mol. The standard InChI is InChI=1S/C24H20O6/c1-3-12-5-7-17-14(9-12)21(25)19(23(26)29-17)16-11-28-22-15-10-13(4-2)6-8-18(15)30-24(27)20(16)22/h5-10,16,25H,3-4,11H2,1-2H3. The summed E-state index contributed by atoms with van der Waals surface area (Å²) >= 11 is 0. The van der Waals surface area contributed by atoms with Gasteiger partial charge in [0, 0.05) is 0 Å². The van der Waals surface area contributed by atoms with Crippen LogP contribution >= 0.6 is 0 Å².